The predicted molar refractivity (Wildman–Crippen MR) is 65.3 cm³/mol. The van der Waals surface area contributed by atoms with Gasteiger partial charge in [0.25, 0.3) is 0 Å². The van der Waals surface area contributed by atoms with Crippen molar-refractivity contribution in [3.8, 4) is 0 Å². The number of likely N-dealkylation sites (tertiary alicyclic amines) is 1. The Balaban J connectivity index is 2.00. The normalized spacial score (nSPS) is 31.5. The third-order valence-electron chi connectivity index (χ3n) is 3.65. The van der Waals surface area contributed by atoms with Gasteiger partial charge in [-0.3, -0.25) is 4.79 Å². The molecule has 2 atom stereocenters. The topological polar surface area (TPSA) is 55.8 Å². The number of carbonyl (C=O) groups excluding carboxylic acids is 2. The molecule has 0 saturated carbocycles. The summed E-state index contributed by atoms with van der Waals surface area (Å²) < 4.78 is 24.4. The Morgan fingerprint density at radius 2 is 2.16 bits per heavy atom. The molecule has 2 fully saturated rings. The number of alkyl halides is 1. The van der Waals surface area contributed by atoms with Crippen molar-refractivity contribution < 1.29 is 23.5 Å². The zero-order valence-electron chi connectivity index (χ0n) is 11.6. The predicted octanol–water partition coefficient (Wildman–Crippen LogP) is 1.90. The highest BCUT2D eigenvalue weighted by Gasteiger charge is 2.54. The Kier molecular flexibility index (Phi) is 3.45. The van der Waals surface area contributed by atoms with Crippen LogP contribution in [0.1, 0.15) is 33.6 Å². The van der Waals surface area contributed by atoms with Crippen LogP contribution in [0.2, 0.25) is 0 Å². The number of amides is 1. The molecular formula is C13H20FNO4. The maximum atomic E-state index is 14.3. The van der Waals surface area contributed by atoms with Crippen LogP contribution in [0.15, 0.2) is 0 Å². The van der Waals surface area contributed by atoms with Crippen molar-refractivity contribution in [3.63, 3.8) is 0 Å². The van der Waals surface area contributed by atoms with Crippen LogP contribution in [-0.2, 0) is 14.3 Å². The standard InChI is InChI=1S/C13H20FNO4/c1-12(2,3)19-11(17)15-6-4-13(9(14)8-15)5-7-18-10(13)16/h9H,4-8H2,1-3H3. The molecule has 0 aromatic rings. The quantitative estimate of drug-likeness (QED) is 0.632. The molecule has 6 heteroatoms. The molecule has 1 amide bonds. The Bertz CT molecular complexity index is 393. The highest BCUT2D eigenvalue weighted by Crippen LogP contribution is 2.42. The van der Waals surface area contributed by atoms with Gasteiger partial charge in [-0.15, -0.1) is 0 Å². The summed E-state index contributed by atoms with van der Waals surface area (Å²) >= 11 is 0. The Labute approximate surface area is 112 Å². The summed E-state index contributed by atoms with van der Waals surface area (Å²) in [6, 6.07) is 0. The lowest BCUT2D eigenvalue weighted by molar-refractivity contribution is -0.152. The highest BCUT2D eigenvalue weighted by molar-refractivity contribution is 5.80. The van der Waals surface area contributed by atoms with E-state index < -0.39 is 29.3 Å². The van der Waals surface area contributed by atoms with E-state index in [-0.39, 0.29) is 13.2 Å². The summed E-state index contributed by atoms with van der Waals surface area (Å²) in [5, 5.41) is 0. The zero-order chi connectivity index (χ0) is 14.3. The summed E-state index contributed by atoms with van der Waals surface area (Å²) in [6.07, 6.45) is -1.22. The van der Waals surface area contributed by atoms with Crippen molar-refractivity contribution in [2.24, 2.45) is 5.41 Å². The number of hydrogen-bond acceptors (Lipinski definition) is 4. The van der Waals surface area contributed by atoms with Crippen molar-refractivity contribution in [2.75, 3.05) is 19.7 Å². The van der Waals surface area contributed by atoms with Crippen LogP contribution in [0.3, 0.4) is 0 Å². The molecule has 0 aromatic carbocycles. The fraction of sp³-hybridized carbons (Fsp3) is 0.846. The maximum Gasteiger partial charge on any atom is 0.410 e. The average Bonchev–Trinajstić information content (AvgIpc) is 2.63. The van der Waals surface area contributed by atoms with Gasteiger partial charge in [0.15, 0.2) is 0 Å². The SMILES string of the molecule is CC(C)(C)OC(=O)N1CCC2(CCOC2=O)C(F)C1. The largest absolute Gasteiger partial charge is 0.465 e. The number of hydrogen-bond donors (Lipinski definition) is 0. The summed E-state index contributed by atoms with van der Waals surface area (Å²) in [4.78, 5) is 24.9. The van der Waals surface area contributed by atoms with Gasteiger partial charge in [0.05, 0.1) is 13.2 Å². The monoisotopic (exact) mass is 273 g/mol. The third-order valence-corrected chi connectivity index (χ3v) is 3.65. The van der Waals surface area contributed by atoms with Crippen molar-refractivity contribution in [1.82, 2.24) is 4.90 Å². The van der Waals surface area contributed by atoms with Gasteiger partial charge in [0, 0.05) is 13.0 Å². The van der Waals surface area contributed by atoms with Crippen molar-refractivity contribution in [1.29, 1.82) is 0 Å². The lowest BCUT2D eigenvalue weighted by atomic mass is 9.76. The van der Waals surface area contributed by atoms with Crippen LogP contribution in [0.5, 0.6) is 0 Å². The van der Waals surface area contributed by atoms with Crippen LogP contribution < -0.4 is 0 Å². The Morgan fingerprint density at radius 3 is 2.63 bits per heavy atom. The number of ether oxygens (including phenoxy) is 2. The van der Waals surface area contributed by atoms with Crippen LogP contribution in [-0.4, -0.2) is 48.4 Å². The molecular weight excluding hydrogens is 253 g/mol. The summed E-state index contributed by atoms with van der Waals surface area (Å²) in [7, 11) is 0. The van der Waals surface area contributed by atoms with E-state index in [0.717, 1.165) is 0 Å². The summed E-state index contributed by atoms with van der Waals surface area (Å²) in [5.74, 6) is -0.469. The van der Waals surface area contributed by atoms with Crippen molar-refractivity contribution >= 4 is 12.1 Å². The number of rotatable bonds is 0. The Morgan fingerprint density at radius 1 is 1.47 bits per heavy atom. The average molecular weight is 273 g/mol. The lowest BCUT2D eigenvalue weighted by Crippen LogP contribution is -2.53. The minimum atomic E-state index is -1.39. The molecule has 0 aromatic heterocycles. The highest BCUT2D eigenvalue weighted by atomic mass is 19.1. The molecule has 2 unspecified atom stereocenters. The molecule has 2 rings (SSSR count). The van der Waals surface area contributed by atoms with Gasteiger partial charge in [-0.2, -0.15) is 0 Å². The van der Waals surface area contributed by atoms with Crippen molar-refractivity contribution in [2.45, 2.75) is 45.4 Å². The molecule has 2 aliphatic heterocycles. The summed E-state index contributed by atoms with van der Waals surface area (Å²) in [6.45, 7) is 5.77. The number of piperidine rings is 1. The molecule has 19 heavy (non-hydrogen) atoms. The second-order valence-electron chi connectivity index (χ2n) is 6.19. The van der Waals surface area contributed by atoms with Crippen LogP contribution in [0.4, 0.5) is 9.18 Å². The molecule has 0 N–H and O–H groups in total. The molecule has 2 saturated heterocycles. The van der Waals surface area contributed by atoms with E-state index in [4.69, 9.17) is 9.47 Å². The summed E-state index contributed by atoms with van der Waals surface area (Å²) in [5.41, 5.74) is -1.65. The van der Waals surface area contributed by atoms with E-state index >= 15 is 0 Å². The Hall–Kier alpha value is -1.33. The molecule has 5 nitrogen and oxygen atoms in total. The van der Waals surface area contributed by atoms with E-state index in [2.05, 4.69) is 0 Å². The molecule has 108 valence electrons. The van der Waals surface area contributed by atoms with Crippen LogP contribution in [0, 0.1) is 5.41 Å². The number of carbonyl (C=O) groups is 2. The van der Waals surface area contributed by atoms with Crippen molar-refractivity contribution in [3.05, 3.63) is 0 Å². The molecule has 1 spiro atoms. The van der Waals surface area contributed by atoms with E-state index in [0.29, 0.717) is 19.4 Å². The van der Waals surface area contributed by atoms with Gasteiger partial charge in [0.2, 0.25) is 0 Å². The van der Waals surface area contributed by atoms with E-state index in [1.54, 1.807) is 20.8 Å². The smallest absolute Gasteiger partial charge is 0.410 e. The van der Waals surface area contributed by atoms with E-state index in [9.17, 15) is 14.0 Å². The van der Waals surface area contributed by atoms with Gasteiger partial charge >= 0.3 is 12.1 Å². The molecule has 0 aliphatic carbocycles. The first-order chi connectivity index (χ1) is 8.74. The number of halogens is 1. The van der Waals surface area contributed by atoms with E-state index in [1.807, 2.05) is 0 Å². The molecule has 2 heterocycles. The van der Waals surface area contributed by atoms with E-state index in [1.165, 1.54) is 4.90 Å². The van der Waals surface area contributed by atoms with Crippen LogP contribution in [0.25, 0.3) is 0 Å². The second kappa shape index (κ2) is 4.65. The first-order valence-electron chi connectivity index (χ1n) is 6.54. The van der Waals surface area contributed by atoms with Gasteiger partial charge in [-0.1, -0.05) is 0 Å². The lowest BCUT2D eigenvalue weighted by Gasteiger charge is -2.39. The van der Waals surface area contributed by atoms with Gasteiger partial charge in [0.1, 0.15) is 17.2 Å². The number of cyclic esters (lactones) is 1. The molecule has 2 aliphatic rings. The number of esters is 1. The molecule has 0 radical (unpaired) electrons. The minimum Gasteiger partial charge on any atom is -0.465 e. The maximum absolute atomic E-state index is 14.3. The van der Waals surface area contributed by atoms with Gasteiger partial charge in [-0.05, 0) is 27.2 Å². The molecule has 0 bridgehead atoms. The first-order valence-corrected chi connectivity index (χ1v) is 6.54. The first kappa shape index (κ1) is 14.1. The second-order valence-corrected chi connectivity index (χ2v) is 6.19. The van der Waals surface area contributed by atoms with Gasteiger partial charge in [-0.25, -0.2) is 9.18 Å². The fourth-order valence-corrected chi connectivity index (χ4v) is 2.53. The fourth-order valence-electron chi connectivity index (χ4n) is 2.53. The van der Waals surface area contributed by atoms with Crippen LogP contribution >= 0.6 is 0 Å². The minimum absolute atomic E-state index is 0.107. The number of nitrogens with zero attached hydrogens (tertiary/aromatic N) is 1. The zero-order valence-corrected chi connectivity index (χ0v) is 11.6. The third kappa shape index (κ3) is 2.67. The van der Waals surface area contributed by atoms with Gasteiger partial charge < -0.3 is 14.4 Å².